The van der Waals surface area contributed by atoms with Gasteiger partial charge in [0, 0.05) is 0 Å². The van der Waals surface area contributed by atoms with Gasteiger partial charge in [-0.05, 0) is 35.6 Å². The highest BCUT2D eigenvalue weighted by atomic mass is 32.2. The molecular weight excluding hydrogens is 422 g/mol. The van der Waals surface area contributed by atoms with E-state index in [1.165, 1.54) is 0 Å². The smallest absolute Gasteiger partial charge is 0.317 e. The van der Waals surface area contributed by atoms with Crippen LogP contribution in [-0.2, 0) is 27.2 Å². The number of carbonyl (C=O) groups is 3. The lowest BCUT2D eigenvalue weighted by Crippen LogP contribution is -2.39. The fourth-order valence-corrected chi connectivity index (χ4v) is 4.15. The molecule has 0 bridgehead atoms. The van der Waals surface area contributed by atoms with Gasteiger partial charge in [-0.15, -0.1) is 0 Å². The molecule has 3 rings (SSSR count). The summed E-state index contributed by atoms with van der Waals surface area (Å²) in [5.74, 6) is -1.33. The molecule has 164 valence electrons. The summed E-state index contributed by atoms with van der Waals surface area (Å²) in [4.78, 5) is 36.5. The Labute approximate surface area is 191 Å². The molecule has 0 radical (unpaired) electrons. The van der Waals surface area contributed by atoms with Crippen LogP contribution >= 0.6 is 11.8 Å². The summed E-state index contributed by atoms with van der Waals surface area (Å²) >= 11 is 0.751. The van der Waals surface area contributed by atoms with Crippen LogP contribution in [-0.4, -0.2) is 33.4 Å². The van der Waals surface area contributed by atoms with Gasteiger partial charge < -0.3 is 10.4 Å². The molecule has 5 nitrogen and oxygen atoms in total. The molecule has 1 amide bonds. The summed E-state index contributed by atoms with van der Waals surface area (Å²) in [6.07, 6.45) is 0.380. The van der Waals surface area contributed by atoms with Crippen LogP contribution in [0.4, 0.5) is 0 Å². The van der Waals surface area contributed by atoms with Gasteiger partial charge in [0.05, 0.1) is 12.5 Å². The molecule has 2 N–H and O–H groups in total. The van der Waals surface area contributed by atoms with Gasteiger partial charge in [-0.3, -0.25) is 14.4 Å². The molecule has 2 atom stereocenters. The fraction of sp³-hybridized carbons (Fsp3) is 0.192. The van der Waals surface area contributed by atoms with Gasteiger partial charge in [-0.1, -0.05) is 96.7 Å². The second-order valence-electron chi connectivity index (χ2n) is 7.48. The van der Waals surface area contributed by atoms with Crippen molar-refractivity contribution in [3.63, 3.8) is 0 Å². The molecule has 0 spiro atoms. The van der Waals surface area contributed by atoms with E-state index in [-0.39, 0.29) is 23.9 Å². The van der Waals surface area contributed by atoms with E-state index in [2.05, 4.69) is 5.32 Å². The Morgan fingerprint density at radius 3 is 1.97 bits per heavy atom. The van der Waals surface area contributed by atoms with Crippen LogP contribution in [0.3, 0.4) is 0 Å². The van der Waals surface area contributed by atoms with E-state index in [9.17, 15) is 19.5 Å². The largest absolute Gasteiger partial charge is 0.480 e. The number of benzene rings is 3. The molecule has 3 aromatic carbocycles. The Morgan fingerprint density at radius 2 is 1.38 bits per heavy atom. The first-order valence-electron chi connectivity index (χ1n) is 10.3. The van der Waals surface area contributed by atoms with Crippen molar-refractivity contribution in [3.8, 4) is 11.1 Å². The molecule has 0 aliphatic heterocycles. The lowest BCUT2D eigenvalue weighted by molar-refractivity contribution is -0.136. The normalized spacial score (nSPS) is 12.5. The Morgan fingerprint density at radius 1 is 0.812 bits per heavy atom. The van der Waals surface area contributed by atoms with E-state index in [1.54, 1.807) is 6.92 Å². The van der Waals surface area contributed by atoms with E-state index >= 15 is 0 Å². The zero-order chi connectivity index (χ0) is 22.9. The molecule has 0 saturated carbocycles. The third kappa shape index (κ3) is 6.82. The van der Waals surface area contributed by atoms with Crippen molar-refractivity contribution in [2.24, 2.45) is 0 Å². The van der Waals surface area contributed by atoms with Gasteiger partial charge in [0.15, 0.2) is 0 Å². The highest BCUT2D eigenvalue weighted by Gasteiger charge is 2.26. The molecular formula is C26H25NO4S. The SMILES string of the molecule is C[C@@H](NC(=O)Cc1ccccc1)C(=O)S[C@H](Cc1ccc(-c2ccccc2)cc1)C(=O)O. The Hall–Kier alpha value is -3.38. The highest BCUT2D eigenvalue weighted by molar-refractivity contribution is 8.14. The van der Waals surface area contributed by atoms with Crippen LogP contribution in [0.5, 0.6) is 0 Å². The van der Waals surface area contributed by atoms with Crippen molar-refractivity contribution in [2.45, 2.75) is 31.1 Å². The molecule has 0 aromatic heterocycles. The maximum Gasteiger partial charge on any atom is 0.317 e. The number of hydrogen-bond acceptors (Lipinski definition) is 4. The van der Waals surface area contributed by atoms with Crippen LogP contribution in [0.1, 0.15) is 18.1 Å². The average molecular weight is 448 g/mol. The minimum Gasteiger partial charge on any atom is -0.480 e. The summed E-state index contributed by atoms with van der Waals surface area (Å²) in [6.45, 7) is 1.58. The third-order valence-corrected chi connectivity index (χ3v) is 6.19. The van der Waals surface area contributed by atoms with Crippen LogP contribution < -0.4 is 5.32 Å². The van der Waals surface area contributed by atoms with Crippen molar-refractivity contribution in [2.75, 3.05) is 0 Å². The monoisotopic (exact) mass is 447 g/mol. The molecule has 6 heteroatoms. The Kier molecular flexibility index (Phi) is 8.22. The van der Waals surface area contributed by atoms with Gasteiger partial charge in [0.2, 0.25) is 11.0 Å². The van der Waals surface area contributed by atoms with Gasteiger partial charge in [0.25, 0.3) is 0 Å². The first-order chi connectivity index (χ1) is 15.4. The zero-order valence-corrected chi connectivity index (χ0v) is 18.5. The van der Waals surface area contributed by atoms with Gasteiger partial charge in [-0.2, -0.15) is 0 Å². The maximum atomic E-state index is 12.6. The number of amides is 1. The second-order valence-corrected chi connectivity index (χ2v) is 8.69. The molecule has 32 heavy (non-hydrogen) atoms. The predicted octanol–water partition coefficient (Wildman–Crippen LogP) is 4.36. The van der Waals surface area contributed by atoms with E-state index in [4.69, 9.17) is 0 Å². The third-order valence-electron chi connectivity index (χ3n) is 4.95. The summed E-state index contributed by atoms with van der Waals surface area (Å²) in [7, 11) is 0. The molecule has 0 aliphatic carbocycles. The first kappa shape index (κ1) is 23.3. The fourth-order valence-electron chi connectivity index (χ4n) is 3.23. The highest BCUT2D eigenvalue weighted by Crippen LogP contribution is 2.23. The van der Waals surface area contributed by atoms with Crippen molar-refractivity contribution >= 4 is 28.8 Å². The van der Waals surface area contributed by atoms with Crippen LogP contribution in [0.15, 0.2) is 84.9 Å². The van der Waals surface area contributed by atoms with Crippen LogP contribution in [0.2, 0.25) is 0 Å². The summed E-state index contributed by atoms with van der Waals surface area (Å²) in [5, 5.41) is 11.0. The Bertz CT molecular complexity index is 1050. The minimum atomic E-state index is -1.06. The number of carboxylic acid groups (broad SMARTS) is 1. The topological polar surface area (TPSA) is 83.5 Å². The van der Waals surface area contributed by atoms with Gasteiger partial charge in [0.1, 0.15) is 5.25 Å². The van der Waals surface area contributed by atoms with Crippen LogP contribution in [0, 0.1) is 0 Å². The zero-order valence-electron chi connectivity index (χ0n) is 17.7. The number of aliphatic carboxylic acids is 1. The van der Waals surface area contributed by atoms with E-state index in [0.29, 0.717) is 0 Å². The summed E-state index contributed by atoms with van der Waals surface area (Å²) in [6, 6.07) is 26.0. The van der Waals surface area contributed by atoms with Crippen molar-refractivity contribution in [3.05, 3.63) is 96.1 Å². The number of hydrogen-bond donors (Lipinski definition) is 2. The number of thioether (sulfide) groups is 1. The number of carbonyl (C=O) groups excluding carboxylic acids is 2. The predicted molar refractivity (Wildman–Crippen MR) is 127 cm³/mol. The number of carboxylic acids is 1. The van der Waals surface area contributed by atoms with E-state index in [0.717, 1.165) is 34.0 Å². The van der Waals surface area contributed by atoms with Crippen molar-refractivity contribution < 1.29 is 19.5 Å². The number of nitrogens with one attached hydrogen (secondary N) is 1. The molecule has 0 heterocycles. The molecule has 0 saturated heterocycles. The lowest BCUT2D eigenvalue weighted by Gasteiger charge is -2.16. The first-order valence-corrected chi connectivity index (χ1v) is 11.2. The lowest BCUT2D eigenvalue weighted by atomic mass is 10.0. The molecule has 0 aliphatic rings. The molecule has 3 aromatic rings. The van der Waals surface area contributed by atoms with E-state index < -0.39 is 17.3 Å². The second kappa shape index (κ2) is 11.3. The summed E-state index contributed by atoms with van der Waals surface area (Å²) < 4.78 is 0. The van der Waals surface area contributed by atoms with Gasteiger partial charge >= 0.3 is 5.97 Å². The molecule has 0 fully saturated rings. The quantitative estimate of drug-likeness (QED) is 0.509. The average Bonchev–Trinajstić information content (AvgIpc) is 2.80. The van der Waals surface area contributed by atoms with Crippen LogP contribution in [0.25, 0.3) is 11.1 Å². The minimum absolute atomic E-state index is 0.166. The number of rotatable bonds is 9. The van der Waals surface area contributed by atoms with Crippen molar-refractivity contribution in [1.29, 1.82) is 0 Å². The summed E-state index contributed by atoms with van der Waals surface area (Å²) in [5.41, 5.74) is 3.80. The van der Waals surface area contributed by atoms with E-state index in [1.807, 2.05) is 84.9 Å². The van der Waals surface area contributed by atoms with Gasteiger partial charge in [-0.25, -0.2) is 0 Å². The van der Waals surface area contributed by atoms with Crippen molar-refractivity contribution in [1.82, 2.24) is 5.32 Å². The molecule has 0 unspecified atom stereocenters. The maximum absolute atomic E-state index is 12.6. The Balaban J connectivity index is 1.56. The standard InChI is InChI=1S/C26H25NO4S/c1-18(27-24(28)17-19-8-4-2-5-9-19)26(31)32-23(25(29)30)16-20-12-14-22(15-13-20)21-10-6-3-7-11-21/h2-15,18,23H,16-17H2,1H3,(H,27,28)(H,29,30)/t18-,23-/m1/s1.